The van der Waals surface area contributed by atoms with Gasteiger partial charge >= 0.3 is 7.23 Å². The molecule has 2 aliphatic rings. The van der Waals surface area contributed by atoms with Crippen molar-refractivity contribution in [2.75, 3.05) is 18.9 Å². The van der Waals surface area contributed by atoms with Crippen molar-refractivity contribution in [1.82, 2.24) is 19.5 Å². The highest BCUT2D eigenvalue weighted by Crippen LogP contribution is 2.46. The van der Waals surface area contributed by atoms with Gasteiger partial charge in [-0.1, -0.05) is 4.57 Å². The van der Waals surface area contributed by atoms with Gasteiger partial charge in [0.05, 0.1) is 12.9 Å². The van der Waals surface area contributed by atoms with Gasteiger partial charge in [0.1, 0.15) is 30.7 Å². The number of hydrogen-bond donors (Lipinski definition) is 2. The zero-order valence-electron chi connectivity index (χ0n) is 11.6. The fourth-order valence-corrected chi connectivity index (χ4v) is 3.44. The molecule has 4 heterocycles. The second kappa shape index (κ2) is 5.33. The molecule has 0 spiro atoms. The van der Waals surface area contributed by atoms with Crippen LogP contribution in [0.15, 0.2) is 12.7 Å². The number of nitrogens with two attached hydrogens (primary N) is 1. The summed E-state index contributed by atoms with van der Waals surface area (Å²) in [6.07, 6.45) is 0.578. The van der Waals surface area contributed by atoms with E-state index < -0.39 is 31.3 Å². The number of hydrogen-bond acceptors (Lipinski definition) is 10. The van der Waals surface area contributed by atoms with Gasteiger partial charge in [0.25, 0.3) is 0 Å². The lowest BCUT2D eigenvalue weighted by molar-refractivity contribution is -0.181. The fraction of sp³-hybridized carbons (Fsp3) is 0.545. The van der Waals surface area contributed by atoms with Crippen LogP contribution in [-0.4, -0.2) is 55.6 Å². The van der Waals surface area contributed by atoms with Gasteiger partial charge in [-0.3, -0.25) is 4.57 Å². The van der Waals surface area contributed by atoms with E-state index in [4.69, 9.17) is 19.7 Å². The molecule has 2 aromatic rings. The molecule has 10 nitrogen and oxygen atoms in total. The third-order valence-electron chi connectivity index (χ3n) is 4.08. The molecule has 2 fully saturated rings. The summed E-state index contributed by atoms with van der Waals surface area (Å²) in [4.78, 5) is 12.2. The van der Waals surface area contributed by atoms with E-state index in [1.807, 2.05) is 0 Å². The Kier molecular flexibility index (Phi) is 3.52. The zero-order valence-corrected chi connectivity index (χ0v) is 13.3. The molecule has 0 amide bonds. The van der Waals surface area contributed by atoms with E-state index in [2.05, 4.69) is 27.2 Å². The maximum atomic E-state index is 11.0. The quantitative estimate of drug-likeness (QED) is 0.552. The zero-order chi connectivity index (χ0) is 16.2. The molecule has 122 valence electrons. The van der Waals surface area contributed by atoms with Crippen molar-refractivity contribution in [3.05, 3.63) is 12.7 Å². The predicted octanol–water partition coefficient (Wildman–Crippen LogP) is -0.343. The highest BCUT2D eigenvalue weighted by molar-refractivity contribution is 8.25. The Morgan fingerprint density at radius 1 is 1.57 bits per heavy atom. The van der Waals surface area contributed by atoms with Crippen LogP contribution >= 0.6 is 7.23 Å². The van der Waals surface area contributed by atoms with E-state index >= 15 is 0 Å². The summed E-state index contributed by atoms with van der Waals surface area (Å²) < 4.78 is 29.2. The van der Waals surface area contributed by atoms with Gasteiger partial charge in [-0.15, -0.1) is 0 Å². The van der Waals surface area contributed by atoms with Crippen molar-refractivity contribution in [3.63, 3.8) is 0 Å². The Morgan fingerprint density at radius 3 is 3.17 bits per heavy atom. The molecular weight excluding hydrogens is 345 g/mol. The average Bonchev–Trinajstić information content (AvgIpc) is 3.16. The van der Waals surface area contributed by atoms with Gasteiger partial charge in [0.2, 0.25) is 0 Å². The number of rotatable bonds is 4. The van der Waals surface area contributed by atoms with Crippen LogP contribution < -0.4 is 5.73 Å². The SMILES string of the molecule is Nc1ncnc2c1ncn2[C@@H]1O[C@@]2(CO[P+](=O)[S-])COC1[C@@H]2O. The average molecular weight is 357 g/mol. The number of aliphatic hydroxyl groups excluding tert-OH is 1. The van der Waals surface area contributed by atoms with Crippen LogP contribution in [0.1, 0.15) is 6.23 Å². The Labute approximate surface area is 136 Å². The lowest BCUT2D eigenvalue weighted by Gasteiger charge is -2.29. The maximum Gasteiger partial charge on any atom is 0.372 e. The van der Waals surface area contributed by atoms with Crippen LogP contribution in [0.25, 0.3) is 11.2 Å². The molecule has 3 N–H and O–H groups in total. The number of ether oxygens (including phenoxy) is 2. The second-order valence-electron chi connectivity index (χ2n) is 5.37. The van der Waals surface area contributed by atoms with Crippen LogP contribution in [-0.2, 0) is 30.8 Å². The van der Waals surface area contributed by atoms with Crippen LogP contribution in [0.2, 0.25) is 0 Å². The summed E-state index contributed by atoms with van der Waals surface area (Å²) in [6.45, 7) is 0.00121. The molecule has 0 aromatic carbocycles. The summed E-state index contributed by atoms with van der Waals surface area (Å²) in [5, 5.41) is 10.4. The molecule has 0 saturated carbocycles. The van der Waals surface area contributed by atoms with Crippen molar-refractivity contribution in [2.24, 2.45) is 0 Å². The molecule has 0 radical (unpaired) electrons. The van der Waals surface area contributed by atoms with E-state index in [1.54, 1.807) is 4.57 Å². The van der Waals surface area contributed by atoms with Crippen molar-refractivity contribution in [2.45, 2.75) is 24.0 Å². The van der Waals surface area contributed by atoms with Gasteiger partial charge < -0.3 is 32.6 Å². The maximum absolute atomic E-state index is 11.0. The van der Waals surface area contributed by atoms with Crippen LogP contribution in [0.5, 0.6) is 0 Å². The molecule has 23 heavy (non-hydrogen) atoms. The summed E-state index contributed by atoms with van der Waals surface area (Å²) in [5.41, 5.74) is 5.56. The second-order valence-corrected chi connectivity index (χ2v) is 6.97. The highest BCUT2D eigenvalue weighted by Gasteiger charge is 2.62. The summed E-state index contributed by atoms with van der Waals surface area (Å²) in [5.74, 6) is 0.250. The van der Waals surface area contributed by atoms with Crippen molar-refractivity contribution in [3.8, 4) is 0 Å². The summed E-state index contributed by atoms with van der Waals surface area (Å²) in [7, 11) is -2.22. The lowest BCUT2D eigenvalue weighted by atomic mass is 10.0. The molecular formula is C11H12N5O5PS. The van der Waals surface area contributed by atoms with Crippen LogP contribution in [0.3, 0.4) is 0 Å². The first-order chi connectivity index (χ1) is 11.0. The minimum atomic E-state index is -2.22. The molecule has 5 atom stereocenters. The van der Waals surface area contributed by atoms with E-state index in [-0.39, 0.29) is 19.0 Å². The van der Waals surface area contributed by atoms with Crippen molar-refractivity contribution < 1.29 is 23.7 Å². The van der Waals surface area contributed by atoms with Crippen molar-refractivity contribution in [1.29, 1.82) is 0 Å². The third-order valence-corrected chi connectivity index (χ3v) is 4.74. The number of imidazole rings is 1. The molecule has 2 aliphatic heterocycles. The first kappa shape index (κ1) is 15.2. The first-order valence-corrected chi connectivity index (χ1v) is 8.89. The van der Waals surface area contributed by atoms with Crippen molar-refractivity contribution >= 4 is 36.5 Å². The number of nitrogens with zero attached hydrogens (tertiary/aromatic N) is 4. The van der Waals surface area contributed by atoms with Gasteiger partial charge in [-0.2, -0.15) is 4.52 Å². The normalized spacial score (nSPS) is 33.5. The number of anilines is 1. The monoisotopic (exact) mass is 357 g/mol. The van der Waals surface area contributed by atoms with E-state index in [0.717, 1.165) is 0 Å². The smallest absolute Gasteiger partial charge is 0.372 e. The summed E-state index contributed by atoms with van der Waals surface area (Å²) >= 11 is 4.51. The largest absolute Gasteiger partial charge is 0.408 e. The fourth-order valence-electron chi connectivity index (χ4n) is 2.96. The highest BCUT2D eigenvalue weighted by atomic mass is 32.7. The van der Waals surface area contributed by atoms with E-state index in [0.29, 0.717) is 11.2 Å². The Hall–Kier alpha value is -1.36. The minimum Gasteiger partial charge on any atom is -0.408 e. The van der Waals surface area contributed by atoms with E-state index in [9.17, 15) is 9.67 Å². The molecule has 2 bridgehead atoms. The number of aliphatic hydroxyl groups is 1. The van der Waals surface area contributed by atoms with Crippen LogP contribution in [0.4, 0.5) is 5.82 Å². The third kappa shape index (κ3) is 2.24. The molecule has 4 rings (SSSR count). The topological polar surface area (TPSA) is 135 Å². The van der Waals surface area contributed by atoms with Gasteiger partial charge in [-0.05, 0) is 0 Å². The standard InChI is InChI=1S/C11H12N5O5PS/c12-8-5-9(14-3-13-8)16(4-15-5)10-6-7(17)11(21-10,1-19-6)2-20-22(18)23/h3-4,6-7,10,17H,1-2H2,(H2,12,13,14)/t6?,7-,10+,11+/m0/s1. The first-order valence-electron chi connectivity index (χ1n) is 6.70. The molecule has 12 heteroatoms. The number of aromatic nitrogens is 4. The predicted molar refractivity (Wildman–Crippen MR) is 79.3 cm³/mol. The lowest BCUT2D eigenvalue weighted by Crippen LogP contribution is -2.44. The van der Waals surface area contributed by atoms with E-state index in [1.165, 1.54) is 12.7 Å². The minimum absolute atomic E-state index is 0.121. The summed E-state index contributed by atoms with van der Waals surface area (Å²) in [6, 6.07) is 0. The molecule has 2 unspecified atom stereocenters. The Balaban J connectivity index is 1.68. The van der Waals surface area contributed by atoms with Gasteiger partial charge in [0.15, 0.2) is 23.3 Å². The molecule has 2 saturated heterocycles. The number of nitrogen functional groups attached to an aromatic ring is 1. The van der Waals surface area contributed by atoms with Gasteiger partial charge in [0, 0.05) is 0 Å². The number of fused-ring (bicyclic) bond motifs is 3. The molecule has 2 aromatic heterocycles. The Morgan fingerprint density at radius 2 is 2.39 bits per heavy atom. The molecule has 0 aliphatic carbocycles. The Bertz CT molecular complexity index is 789. The van der Waals surface area contributed by atoms with Crippen LogP contribution in [0, 0.1) is 0 Å². The van der Waals surface area contributed by atoms with Gasteiger partial charge in [-0.25, -0.2) is 15.0 Å².